The van der Waals surface area contributed by atoms with Gasteiger partial charge in [0.1, 0.15) is 0 Å². The Hall–Kier alpha value is -0.300. The van der Waals surface area contributed by atoms with E-state index in [0.717, 1.165) is 25.6 Å². The van der Waals surface area contributed by atoms with Gasteiger partial charge in [-0.1, -0.05) is 39.8 Å². The molecule has 0 saturated heterocycles. The molecule has 1 nitrogen and oxygen atoms in total. The van der Waals surface area contributed by atoms with E-state index in [2.05, 4.69) is 39.8 Å². The van der Waals surface area contributed by atoms with Crippen molar-refractivity contribution in [3.63, 3.8) is 0 Å². The second-order valence-corrected chi connectivity index (χ2v) is 3.93. The zero-order valence-corrected chi connectivity index (χ0v) is 8.84. The third-order valence-electron chi connectivity index (χ3n) is 1.57. The summed E-state index contributed by atoms with van der Waals surface area (Å²) in [7, 11) is 0. The smallest absolute Gasteiger partial charge is 0.0647 e. The summed E-state index contributed by atoms with van der Waals surface area (Å²) in [4.78, 5) is 0. The van der Waals surface area contributed by atoms with Crippen molar-refractivity contribution in [2.45, 2.75) is 34.1 Å². The van der Waals surface area contributed by atoms with Gasteiger partial charge in [0.15, 0.2) is 0 Å². The first-order valence-corrected chi connectivity index (χ1v) is 4.87. The fourth-order valence-corrected chi connectivity index (χ4v) is 0.798. The Bertz CT molecular complexity index is 114. The topological polar surface area (TPSA) is 9.23 Å². The van der Waals surface area contributed by atoms with Gasteiger partial charge < -0.3 is 4.74 Å². The molecule has 0 saturated carbocycles. The molecule has 0 aromatic heterocycles. The largest absolute Gasteiger partial charge is 0.377 e. The first-order valence-electron chi connectivity index (χ1n) is 4.87. The maximum atomic E-state index is 5.41. The van der Waals surface area contributed by atoms with Crippen molar-refractivity contribution in [1.82, 2.24) is 0 Å². The highest BCUT2D eigenvalue weighted by molar-refractivity contribution is 4.83. The number of ether oxygens (including phenoxy) is 1. The minimum Gasteiger partial charge on any atom is -0.377 e. The van der Waals surface area contributed by atoms with Crippen LogP contribution in [0.3, 0.4) is 0 Å². The highest BCUT2D eigenvalue weighted by Gasteiger charge is 1.91. The molecule has 0 bridgehead atoms. The van der Waals surface area contributed by atoms with Crippen molar-refractivity contribution in [3.05, 3.63) is 12.2 Å². The number of allylic oxidation sites excluding steroid dienone is 1. The monoisotopic (exact) mass is 170 g/mol. The fourth-order valence-electron chi connectivity index (χ4n) is 0.798. The number of hydrogen-bond acceptors (Lipinski definition) is 1. The summed E-state index contributed by atoms with van der Waals surface area (Å²) in [6.07, 6.45) is 5.44. The Balaban J connectivity index is 3.11. The lowest BCUT2D eigenvalue weighted by Crippen LogP contribution is -1.98. The molecule has 0 fully saturated rings. The van der Waals surface area contributed by atoms with Crippen LogP contribution in [0.15, 0.2) is 12.2 Å². The summed E-state index contributed by atoms with van der Waals surface area (Å²) in [6, 6.07) is 0. The first-order chi connectivity index (χ1) is 5.63. The lowest BCUT2D eigenvalue weighted by atomic mass is 10.1. The van der Waals surface area contributed by atoms with E-state index in [9.17, 15) is 0 Å². The van der Waals surface area contributed by atoms with Crippen LogP contribution in [0, 0.1) is 11.8 Å². The molecule has 0 rings (SSSR count). The van der Waals surface area contributed by atoms with E-state index in [1.165, 1.54) is 0 Å². The van der Waals surface area contributed by atoms with Crippen molar-refractivity contribution < 1.29 is 4.74 Å². The van der Waals surface area contributed by atoms with E-state index in [1.54, 1.807) is 0 Å². The predicted molar refractivity (Wildman–Crippen MR) is 54.3 cm³/mol. The Morgan fingerprint density at radius 2 is 1.83 bits per heavy atom. The van der Waals surface area contributed by atoms with Gasteiger partial charge >= 0.3 is 0 Å². The van der Waals surface area contributed by atoms with Crippen molar-refractivity contribution in [3.8, 4) is 0 Å². The van der Waals surface area contributed by atoms with Gasteiger partial charge in [-0.2, -0.15) is 0 Å². The van der Waals surface area contributed by atoms with Crippen LogP contribution in [0.5, 0.6) is 0 Å². The highest BCUT2D eigenvalue weighted by Crippen LogP contribution is 1.99. The summed E-state index contributed by atoms with van der Waals surface area (Å²) in [5.41, 5.74) is 0. The second-order valence-electron chi connectivity index (χ2n) is 3.93. The van der Waals surface area contributed by atoms with Crippen LogP contribution >= 0.6 is 0 Å². The summed E-state index contributed by atoms with van der Waals surface area (Å²) < 4.78 is 5.41. The molecular formula is C11H22O. The molecule has 0 unspecified atom stereocenters. The minimum absolute atomic E-state index is 0.638. The van der Waals surface area contributed by atoms with Gasteiger partial charge in [-0.05, 0) is 18.3 Å². The third kappa shape index (κ3) is 9.70. The zero-order chi connectivity index (χ0) is 9.40. The van der Waals surface area contributed by atoms with Gasteiger partial charge in [0.05, 0.1) is 6.61 Å². The summed E-state index contributed by atoms with van der Waals surface area (Å²) in [5.74, 6) is 1.39. The molecule has 1 heteroatoms. The third-order valence-corrected chi connectivity index (χ3v) is 1.57. The van der Waals surface area contributed by atoms with Crippen molar-refractivity contribution in [1.29, 1.82) is 0 Å². The number of hydrogen-bond donors (Lipinski definition) is 0. The van der Waals surface area contributed by atoms with Crippen LogP contribution in [-0.4, -0.2) is 13.2 Å². The van der Waals surface area contributed by atoms with Crippen molar-refractivity contribution in [2.75, 3.05) is 13.2 Å². The van der Waals surface area contributed by atoms with Crippen LogP contribution in [0.1, 0.15) is 34.1 Å². The van der Waals surface area contributed by atoms with Crippen LogP contribution < -0.4 is 0 Å². The van der Waals surface area contributed by atoms with Crippen LogP contribution in [0.4, 0.5) is 0 Å². The summed E-state index contributed by atoms with van der Waals surface area (Å²) in [5, 5.41) is 0. The van der Waals surface area contributed by atoms with Crippen molar-refractivity contribution in [2.24, 2.45) is 11.8 Å². The summed E-state index contributed by atoms with van der Waals surface area (Å²) >= 11 is 0. The second kappa shape index (κ2) is 7.35. The van der Waals surface area contributed by atoms with Gasteiger partial charge in [0, 0.05) is 6.61 Å². The molecule has 0 radical (unpaired) electrons. The fraction of sp³-hybridized carbons (Fsp3) is 0.818. The average molecular weight is 170 g/mol. The zero-order valence-electron chi connectivity index (χ0n) is 8.84. The normalized spacial score (nSPS) is 12.2. The quantitative estimate of drug-likeness (QED) is 0.439. The van der Waals surface area contributed by atoms with Crippen LogP contribution in [-0.2, 0) is 4.74 Å². The van der Waals surface area contributed by atoms with E-state index in [1.807, 2.05) is 0 Å². The Kier molecular flexibility index (Phi) is 7.17. The molecule has 0 aliphatic heterocycles. The Morgan fingerprint density at radius 3 is 2.33 bits per heavy atom. The number of rotatable bonds is 6. The van der Waals surface area contributed by atoms with Crippen LogP contribution in [0.25, 0.3) is 0 Å². The average Bonchev–Trinajstić information content (AvgIpc) is 1.95. The molecule has 0 atom stereocenters. The van der Waals surface area contributed by atoms with Gasteiger partial charge in [-0.25, -0.2) is 0 Å². The molecule has 12 heavy (non-hydrogen) atoms. The Labute approximate surface area is 76.8 Å². The molecule has 0 N–H and O–H groups in total. The van der Waals surface area contributed by atoms with Gasteiger partial charge in [0.25, 0.3) is 0 Å². The molecular weight excluding hydrogens is 148 g/mol. The van der Waals surface area contributed by atoms with Crippen LogP contribution in [0.2, 0.25) is 0 Å². The SMILES string of the molecule is CC(C)/C=C/COCCC(C)C. The lowest BCUT2D eigenvalue weighted by Gasteiger charge is -2.03. The minimum atomic E-state index is 0.638. The molecule has 0 aromatic rings. The maximum absolute atomic E-state index is 5.41. The van der Waals surface area contributed by atoms with Crippen molar-refractivity contribution >= 4 is 0 Å². The molecule has 0 amide bonds. The molecule has 0 spiro atoms. The molecule has 0 aliphatic carbocycles. The predicted octanol–water partition coefficient (Wildman–Crippen LogP) is 3.26. The van der Waals surface area contributed by atoms with E-state index < -0.39 is 0 Å². The molecule has 72 valence electrons. The van der Waals surface area contributed by atoms with Gasteiger partial charge in [-0.15, -0.1) is 0 Å². The van der Waals surface area contributed by atoms with E-state index in [-0.39, 0.29) is 0 Å². The standard InChI is InChI=1S/C11H22O/c1-10(2)6-5-8-12-9-7-11(3)4/h5-6,10-11H,7-9H2,1-4H3/b6-5+. The Morgan fingerprint density at radius 1 is 1.17 bits per heavy atom. The molecule has 0 heterocycles. The molecule has 0 aromatic carbocycles. The van der Waals surface area contributed by atoms with E-state index in [4.69, 9.17) is 4.74 Å². The lowest BCUT2D eigenvalue weighted by molar-refractivity contribution is 0.149. The maximum Gasteiger partial charge on any atom is 0.0647 e. The van der Waals surface area contributed by atoms with E-state index in [0.29, 0.717) is 5.92 Å². The van der Waals surface area contributed by atoms with Gasteiger partial charge in [0.2, 0.25) is 0 Å². The first kappa shape index (κ1) is 11.7. The molecule has 0 aliphatic rings. The van der Waals surface area contributed by atoms with Gasteiger partial charge in [-0.3, -0.25) is 0 Å². The van der Waals surface area contributed by atoms with E-state index >= 15 is 0 Å². The summed E-state index contributed by atoms with van der Waals surface area (Å²) in [6.45, 7) is 10.4. The highest BCUT2D eigenvalue weighted by atomic mass is 16.5.